The number of ether oxygens (including phenoxy) is 1. The first-order valence-corrected chi connectivity index (χ1v) is 7.79. The molecule has 2 rings (SSSR count). The van der Waals surface area contributed by atoms with Gasteiger partial charge in [0.05, 0.1) is 25.9 Å². The summed E-state index contributed by atoms with van der Waals surface area (Å²) in [7, 11) is 0. The molecular formula is C15H25BrFNO3. The molecule has 6 heteroatoms. The van der Waals surface area contributed by atoms with Gasteiger partial charge in [0.25, 0.3) is 0 Å². The molecule has 0 aliphatic carbocycles. The predicted octanol–water partition coefficient (Wildman–Crippen LogP) is 2.24. The highest BCUT2D eigenvalue weighted by Gasteiger charge is 2.33. The third kappa shape index (κ3) is 6.84. The molecule has 3 atom stereocenters. The minimum Gasteiger partial charge on any atom is -0.396 e. The Morgan fingerprint density at radius 2 is 1.95 bits per heavy atom. The first kappa shape index (κ1) is 20.5. The molecule has 0 aromatic heterocycles. The van der Waals surface area contributed by atoms with Gasteiger partial charge in [0.15, 0.2) is 0 Å². The van der Waals surface area contributed by atoms with E-state index in [9.17, 15) is 4.39 Å². The van der Waals surface area contributed by atoms with Crippen molar-refractivity contribution in [3.63, 3.8) is 0 Å². The van der Waals surface area contributed by atoms with Gasteiger partial charge in [0.2, 0.25) is 0 Å². The average Bonchev–Trinajstić information content (AvgIpc) is 2.86. The number of aliphatic hydroxyl groups is 2. The highest BCUT2D eigenvalue weighted by molar-refractivity contribution is 9.10. The molecule has 1 fully saturated rings. The molecule has 1 aromatic carbocycles. The highest BCUT2D eigenvalue weighted by Crippen LogP contribution is 2.18. The van der Waals surface area contributed by atoms with Crippen LogP contribution in [0.2, 0.25) is 0 Å². The van der Waals surface area contributed by atoms with Gasteiger partial charge in [-0.3, -0.25) is 0 Å². The van der Waals surface area contributed by atoms with E-state index in [1.165, 1.54) is 6.07 Å². The Kier molecular flexibility index (Phi) is 10.8. The van der Waals surface area contributed by atoms with Crippen LogP contribution in [-0.4, -0.2) is 42.2 Å². The summed E-state index contributed by atoms with van der Waals surface area (Å²) in [6, 6.07) is 4.75. The molecule has 0 saturated carbocycles. The lowest BCUT2D eigenvalue weighted by molar-refractivity contribution is 0.0270. The van der Waals surface area contributed by atoms with E-state index in [4.69, 9.17) is 20.7 Å². The third-order valence-electron chi connectivity index (χ3n) is 3.04. The van der Waals surface area contributed by atoms with Crippen LogP contribution in [0.3, 0.4) is 0 Å². The molecule has 2 unspecified atom stereocenters. The molecule has 0 spiro atoms. The van der Waals surface area contributed by atoms with Gasteiger partial charge >= 0.3 is 0 Å². The monoisotopic (exact) mass is 365 g/mol. The SMILES string of the molecule is CC.Cc1cc(Br)ccc1F.NC1CO[C@H](CO)C1CO. The number of rotatable bonds is 2. The Morgan fingerprint density at radius 3 is 2.33 bits per heavy atom. The summed E-state index contributed by atoms with van der Waals surface area (Å²) in [6.07, 6.45) is -0.264. The Balaban J connectivity index is 0.000000342. The number of halogens is 2. The van der Waals surface area contributed by atoms with E-state index in [1.807, 2.05) is 13.8 Å². The number of aryl methyl sites for hydroxylation is 1. The second-order valence-electron chi connectivity index (χ2n) is 4.46. The van der Waals surface area contributed by atoms with E-state index >= 15 is 0 Å². The fraction of sp³-hybridized carbons (Fsp3) is 0.600. The Bertz CT molecular complexity index is 407. The fourth-order valence-electron chi connectivity index (χ4n) is 1.81. The van der Waals surface area contributed by atoms with Gasteiger partial charge in [-0.05, 0) is 30.7 Å². The highest BCUT2D eigenvalue weighted by atomic mass is 79.9. The normalized spacial score (nSPS) is 23.7. The molecular weight excluding hydrogens is 341 g/mol. The third-order valence-corrected chi connectivity index (χ3v) is 3.53. The first-order valence-electron chi connectivity index (χ1n) is 7.00. The van der Waals surface area contributed by atoms with Crippen LogP contribution in [0.15, 0.2) is 22.7 Å². The zero-order chi connectivity index (χ0) is 16.4. The van der Waals surface area contributed by atoms with Gasteiger partial charge in [0.1, 0.15) is 5.82 Å². The number of benzene rings is 1. The van der Waals surface area contributed by atoms with Gasteiger partial charge < -0.3 is 20.7 Å². The molecule has 1 heterocycles. The van der Waals surface area contributed by atoms with Crippen molar-refractivity contribution in [1.29, 1.82) is 0 Å². The van der Waals surface area contributed by atoms with Crippen molar-refractivity contribution < 1.29 is 19.3 Å². The maximum absolute atomic E-state index is 12.5. The smallest absolute Gasteiger partial charge is 0.126 e. The van der Waals surface area contributed by atoms with Gasteiger partial charge in [0, 0.05) is 16.4 Å². The van der Waals surface area contributed by atoms with Crippen LogP contribution in [0.1, 0.15) is 19.4 Å². The van der Waals surface area contributed by atoms with E-state index in [0.29, 0.717) is 12.2 Å². The van der Waals surface area contributed by atoms with Crippen LogP contribution in [0, 0.1) is 18.7 Å². The molecule has 0 bridgehead atoms. The summed E-state index contributed by atoms with van der Waals surface area (Å²) in [6.45, 7) is 6.11. The van der Waals surface area contributed by atoms with Crippen LogP contribution < -0.4 is 5.73 Å². The minimum absolute atomic E-state index is 0.00755. The van der Waals surface area contributed by atoms with Crippen LogP contribution in [0.5, 0.6) is 0 Å². The summed E-state index contributed by atoms with van der Waals surface area (Å²) >= 11 is 3.23. The number of hydrogen-bond acceptors (Lipinski definition) is 4. The molecule has 0 amide bonds. The van der Waals surface area contributed by atoms with Crippen molar-refractivity contribution in [2.45, 2.75) is 32.9 Å². The molecule has 4 N–H and O–H groups in total. The Morgan fingerprint density at radius 1 is 1.33 bits per heavy atom. The van der Waals surface area contributed by atoms with E-state index < -0.39 is 0 Å². The summed E-state index contributed by atoms with van der Waals surface area (Å²) in [5.74, 6) is -0.247. The summed E-state index contributed by atoms with van der Waals surface area (Å²) in [5.41, 5.74) is 6.23. The quantitative estimate of drug-likeness (QED) is 0.751. The van der Waals surface area contributed by atoms with Crippen molar-refractivity contribution in [3.8, 4) is 0 Å². The van der Waals surface area contributed by atoms with Crippen molar-refractivity contribution in [2.75, 3.05) is 19.8 Å². The summed E-state index contributed by atoms with van der Waals surface area (Å²) < 4.78 is 18.5. The molecule has 122 valence electrons. The van der Waals surface area contributed by atoms with Gasteiger partial charge in [-0.2, -0.15) is 0 Å². The number of hydrogen-bond donors (Lipinski definition) is 3. The predicted molar refractivity (Wildman–Crippen MR) is 85.6 cm³/mol. The zero-order valence-electron chi connectivity index (χ0n) is 12.7. The van der Waals surface area contributed by atoms with E-state index in [1.54, 1.807) is 19.1 Å². The maximum Gasteiger partial charge on any atom is 0.126 e. The van der Waals surface area contributed by atoms with Gasteiger partial charge in [-0.1, -0.05) is 29.8 Å². The van der Waals surface area contributed by atoms with Crippen molar-refractivity contribution in [3.05, 3.63) is 34.1 Å². The molecule has 1 saturated heterocycles. The van der Waals surface area contributed by atoms with E-state index in [2.05, 4.69) is 15.9 Å². The van der Waals surface area contributed by atoms with Crippen molar-refractivity contribution >= 4 is 15.9 Å². The molecule has 4 nitrogen and oxygen atoms in total. The fourth-order valence-corrected chi connectivity index (χ4v) is 2.28. The van der Waals surface area contributed by atoms with Gasteiger partial charge in [-0.25, -0.2) is 4.39 Å². The maximum atomic E-state index is 12.5. The Hall–Kier alpha value is -0.530. The van der Waals surface area contributed by atoms with Gasteiger partial charge in [-0.15, -0.1) is 0 Å². The van der Waals surface area contributed by atoms with Crippen molar-refractivity contribution in [2.24, 2.45) is 11.7 Å². The van der Waals surface area contributed by atoms with Crippen LogP contribution in [-0.2, 0) is 4.74 Å². The van der Waals surface area contributed by atoms with E-state index in [-0.39, 0.29) is 37.1 Å². The van der Waals surface area contributed by atoms with Crippen LogP contribution in [0.4, 0.5) is 4.39 Å². The summed E-state index contributed by atoms with van der Waals surface area (Å²) in [5, 5.41) is 17.5. The topological polar surface area (TPSA) is 75.7 Å². The second-order valence-corrected chi connectivity index (χ2v) is 5.37. The molecule has 21 heavy (non-hydrogen) atoms. The van der Waals surface area contributed by atoms with Crippen LogP contribution in [0.25, 0.3) is 0 Å². The molecule has 1 aliphatic heterocycles. The lowest BCUT2D eigenvalue weighted by Gasteiger charge is -2.15. The number of aliphatic hydroxyl groups excluding tert-OH is 2. The first-order chi connectivity index (χ1) is 9.99. The standard InChI is InChI=1S/C7H6BrF.C6H13NO3.C2H6/c1-5-4-6(8)2-3-7(5)9;7-5-3-10-6(2-9)4(5)1-8;1-2/h2-4H,1H3;4-6,8-9H,1-3,7H2;1-2H3/t;4?,5?,6-;/m.1./s1. The molecule has 1 aromatic rings. The zero-order valence-corrected chi connectivity index (χ0v) is 14.3. The average molecular weight is 366 g/mol. The lowest BCUT2D eigenvalue weighted by atomic mass is 9.99. The largest absolute Gasteiger partial charge is 0.396 e. The lowest BCUT2D eigenvalue weighted by Crippen LogP contribution is -2.35. The second kappa shape index (κ2) is 11.1. The van der Waals surface area contributed by atoms with E-state index in [0.717, 1.165) is 4.47 Å². The number of nitrogens with two attached hydrogens (primary N) is 1. The molecule has 0 radical (unpaired) electrons. The Labute approximate surface area is 134 Å². The van der Waals surface area contributed by atoms with Crippen LogP contribution >= 0.6 is 15.9 Å². The summed E-state index contributed by atoms with van der Waals surface area (Å²) in [4.78, 5) is 0. The minimum atomic E-state index is -0.264. The van der Waals surface area contributed by atoms with Crippen molar-refractivity contribution in [1.82, 2.24) is 0 Å². The molecule has 1 aliphatic rings.